The summed E-state index contributed by atoms with van der Waals surface area (Å²) in [5.74, 6) is -1.00. The average Bonchev–Trinajstić information content (AvgIpc) is 3.54. The lowest BCUT2D eigenvalue weighted by Gasteiger charge is -2.47. The number of aromatic nitrogens is 3. The van der Waals surface area contributed by atoms with E-state index in [4.69, 9.17) is 4.74 Å². The molecule has 2 fully saturated rings. The first-order valence-corrected chi connectivity index (χ1v) is 17.2. The van der Waals surface area contributed by atoms with Crippen molar-refractivity contribution in [3.8, 4) is 11.1 Å². The zero-order valence-corrected chi connectivity index (χ0v) is 28.8. The molecule has 0 unspecified atom stereocenters. The van der Waals surface area contributed by atoms with Crippen LogP contribution in [0.25, 0.3) is 11.1 Å². The van der Waals surface area contributed by atoms with Gasteiger partial charge in [0.05, 0.1) is 23.7 Å². The summed E-state index contributed by atoms with van der Waals surface area (Å²) < 4.78 is 90.6. The van der Waals surface area contributed by atoms with E-state index in [-0.39, 0.29) is 54.6 Å². The molecule has 3 aromatic rings. The monoisotopic (exact) mass is 723 g/mol. The second-order valence-electron chi connectivity index (χ2n) is 13.7. The number of ether oxygens (including phenoxy) is 1. The van der Waals surface area contributed by atoms with Crippen LogP contribution in [0.3, 0.4) is 0 Å². The van der Waals surface area contributed by atoms with Crippen molar-refractivity contribution < 1.29 is 45.8 Å². The van der Waals surface area contributed by atoms with Gasteiger partial charge in [-0.3, -0.25) is 4.79 Å². The number of amides is 1. The molecule has 278 valence electrons. The van der Waals surface area contributed by atoms with E-state index in [9.17, 15) is 41.0 Å². The smallest absolute Gasteiger partial charge is 0.416 e. The minimum Gasteiger partial charge on any atom is -0.481 e. The molecule has 1 N–H and O–H groups in total. The number of piperidine rings is 1. The van der Waals surface area contributed by atoms with Gasteiger partial charge in [0.2, 0.25) is 5.95 Å². The largest absolute Gasteiger partial charge is 0.481 e. The van der Waals surface area contributed by atoms with Gasteiger partial charge in [-0.1, -0.05) is 13.8 Å². The molecular weight excluding hydrogens is 680 g/mol. The van der Waals surface area contributed by atoms with Crippen molar-refractivity contribution in [2.24, 2.45) is 18.9 Å². The number of aliphatic carboxylic acids is 1. The van der Waals surface area contributed by atoms with E-state index in [0.717, 1.165) is 17.7 Å². The fraction of sp³-hybridized carbons (Fsp3) is 0.556. The summed E-state index contributed by atoms with van der Waals surface area (Å²) in [5, 5.41) is 9.30. The van der Waals surface area contributed by atoms with Crippen LogP contribution in [0.1, 0.15) is 81.9 Å². The Morgan fingerprint density at radius 1 is 0.902 bits per heavy atom. The Morgan fingerprint density at radius 3 is 1.94 bits per heavy atom. The van der Waals surface area contributed by atoms with E-state index in [1.807, 2.05) is 43.9 Å². The highest BCUT2D eigenvalue weighted by molar-refractivity contribution is 5.70. The third kappa shape index (κ3) is 9.14. The molecule has 1 aromatic carbocycles. The number of aryl methyl sites for hydroxylation is 1. The quantitative estimate of drug-likeness (QED) is 0.209. The highest BCUT2D eigenvalue weighted by Crippen LogP contribution is 2.39. The Hall–Kier alpha value is -4.30. The van der Waals surface area contributed by atoms with Crippen LogP contribution in [-0.2, 0) is 35.5 Å². The normalized spacial score (nSPS) is 22.8. The van der Waals surface area contributed by atoms with Gasteiger partial charge < -0.3 is 24.2 Å². The number of carbonyl (C=O) groups is 2. The van der Waals surface area contributed by atoms with Gasteiger partial charge in [0.15, 0.2) is 0 Å². The lowest BCUT2D eigenvalue weighted by atomic mass is 9.82. The molecule has 1 aliphatic heterocycles. The minimum atomic E-state index is -5.00. The molecule has 1 amide bonds. The first-order valence-electron chi connectivity index (χ1n) is 17.2. The summed E-state index contributed by atoms with van der Waals surface area (Å²) in [7, 11) is 1.85. The molecule has 1 aliphatic carbocycles. The Labute approximate surface area is 292 Å². The van der Waals surface area contributed by atoms with Crippen LogP contribution >= 0.6 is 0 Å². The molecule has 9 nitrogen and oxygen atoms in total. The number of nitrogens with zero attached hydrogens (tertiary/aromatic N) is 5. The predicted molar refractivity (Wildman–Crippen MR) is 177 cm³/mol. The van der Waals surface area contributed by atoms with Crippen LogP contribution < -0.4 is 4.90 Å². The Kier molecular flexibility index (Phi) is 11.5. The first kappa shape index (κ1) is 37.9. The number of hydrogen-bond donors (Lipinski definition) is 1. The van der Waals surface area contributed by atoms with E-state index < -0.39 is 41.6 Å². The zero-order chi connectivity index (χ0) is 37.1. The molecule has 1 saturated heterocycles. The predicted octanol–water partition coefficient (Wildman–Crippen LogP) is 8.58. The minimum absolute atomic E-state index is 0.0581. The maximum absolute atomic E-state index is 13.8. The summed E-state index contributed by atoms with van der Waals surface area (Å²) in [6, 6.07) is 2.30. The lowest BCUT2D eigenvalue weighted by Crippen LogP contribution is -2.57. The SMILES string of the molecule is CC[C@@H]1C[C@H](N(Cc2cc(C(F)(F)F)cc(C(F)(F)F)c2)c2ncc(-c3ccn(C)c3)cn2)C[C@H](CC)N1C(=O)OC[C@H]1CC[C@H](C(=O)O)CC1. The molecular formula is C36H43F6N5O4. The van der Waals surface area contributed by atoms with Crippen LogP contribution in [-0.4, -0.2) is 61.3 Å². The number of alkyl halides is 6. The van der Waals surface area contributed by atoms with Gasteiger partial charge in [0, 0.05) is 67.6 Å². The lowest BCUT2D eigenvalue weighted by molar-refractivity contribution is -0.144. The van der Waals surface area contributed by atoms with E-state index in [1.165, 1.54) is 0 Å². The Balaban J connectivity index is 1.42. The van der Waals surface area contributed by atoms with Crippen LogP contribution in [0.4, 0.5) is 37.1 Å². The highest BCUT2D eigenvalue weighted by Gasteiger charge is 2.42. The number of carbonyl (C=O) groups excluding carboxylic acids is 1. The number of rotatable bonds is 10. The van der Waals surface area contributed by atoms with Gasteiger partial charge in [-0.2, -0.15) is 26.3 Å². The van der Waals surface area contributed by atoms with E-state index in [2.05, 4.69) is 9.97 Å². The van der Waals surface area contributed by atoms with Gasteiger partial charge in [0.25, 0.3) is 0 Å². The van der Waals surface area contributed by atoms with Crippen LogP contribution in [0.5, 0.6) is 0 Å². The van der Waals surface area contributed by atoms with Crippen molar-refractivity contribution in [1.29, 1.82) is 0 Å². The Bertz CT molecular complexity index is 1610. The summed E-state index contributed by atoms with van der Waals surface area (Å²) in [6.45, 7) is 3.65. The van der Waals surface area contributed by atoms with E-state index in [0.29, 0.717) is 56.9 Å². The fourth-order valence-electron chi connectivity index (χ4n) is 7.33. The third-order valence-corrected chi connectivity index (χ3v) is 10.2. The van der Waals surface area contributed by atoms with Crippen molar-refractivity contribution in [3.05, 3.63) is 65.7 Å². The van der Waals surface area contributed by atoms with Gasteiger partial charge >= 0.3 is 24.4 Å². The third-order valence-electron chi connectivity index (χ3n) is 10.2. The molecule has 3 heterocycles. The van der Waals surface area contributed by atoms with Crippen molar-refractivity contribution in [1.82, 2.24) is 19.4 Å². The number of anilines is 1. The molecule has 3 atom stereocenters. The summed E-state index contributed by atoms with van der Waals surface area (Å²) in [6.07, 6.45) is 0.442. The number of benzene rings is 1. The van der Waals surface area contributed by atoms with Gasteiger partial charge in [0.1, 0.15) is 0 Å². The molecule has 0 bridgehead atoms. The maximum atomic E-state index is 13.8. The van der Waals surface area contributed by atoms with Crippen molar-refractivity contribution in [3.63, 3.8) is 0 Å². The van der Waals surface area contributed by atoms with Crippen LogP contribution in [0, 0.1) is 11.8 Å². The number of carboxylic acids is 1. The van der Waals surface area contributed by atoms with E-state index >= 15 is 0 Å². The molecule has 0 radical (unpaired) electrons. The maximum Gasteiger partial charge on any atom is 0.416 e. The number of halogens is 6. The van der Waals surface area contributed by atoms with E-state index in [1.54, 1.807) is 22.2 Å². The van der Waals surface area contributed by atoms with Gasteiger partial charge in [-0.15, -0.1) is 0 Å². The molecule has 2 aromatic heterocycles. The zero-order valence-electron chi connectivity index (χ0n) is 28.8. The Morgan fingerprint density at radius 2 is 1.47 bits per heavy atom. The summed E-state index contributed by atoms with van der Waals surface area (Å²) in [4.78, 5) is 37.4. The standard InChI is InChI=1S/C36H43F6N5O4/c1-4-29-15-31(16-30(5-2)47(29)34(50)51-21-22-6-8-24(9-7-22)32(48)49)46(33-43-17-26(18-44-33)25-10-11-45(3)20-25)19-23-12-27(35(37,38)39)14-28(13-23)36(40,41)42/h10-14,17-18,20,22,24,29-31H,4-9,15-16,19,21H2,1-3H3,(H,48,49)/t22-,24-,29-,30+,31+. The van der Waals surface area contributed by atoms with Crippen LogP contribution in [0.2, 0.25) is 0 Å². The average molecular weight is 724 g/mol. The fourth-order valence-corrected chi connectivity index (χ4v) is 7.33. The highest BCUT2D eigenvalue weighted by atomic mass is 19.4. The topological polar surface area (TPSA) is 101 Å². The molecule has 2 aliphatic rings. The first-order chi connectivity index (χ1) is 24.1. The molecule has 0 spiro atoms. The van der Waals surface area contributed by atoms with Crippen molar-refractivity contribution in [2.75, 3.05) is 11.5 Å². The van der Waals surface area contributed by atoms with Crippen molar-refractivity contribution >= 4 is 18.0 Å². The molecule has 1 saturated carbocycles. The summed E-state index contributed by atoms with van der Waals surface area (Å²) >= 11 is 0. The molecule has 51 heavy (non-hydrogen) atoms. The molecule has 5 rings (SSSR count). The number of carboxylic acid groups (broad SMARTS) is 1. The number of likely N-dealkylation sites (tertiary alicyclic amines) is 1. The second-order valence-corrected chi connectivity index (χ2v) is 13.7. The number of hydrogen-bond acceptors (Lipinski definition) is 6. The summed E-state index contributed by atoms with van der Waals surface area (Å²) in [5.41, 5.74) is -1.49. The van der Waals surface area contributed by atoms with Crippen LogP contribution in [0.15, 0.2) is 49.1 Å². The van der Waals surface area contributed by atoms with Gasteiger partial charge in [-0.25, -0.2) is 14.8 Å². The molecule has 15 heteroatoms. The second kappa shape index (κ2) is 15.5. The van der Waals surface area contributed by atoms with Crippen molar-refractivity contribution in [2.45, 2.75) is 102 Å². The van der Waals surface area contributed by atoms with Gasteiger partial charge in [-0.05, 0) is 87.1 Å².